The molecule has 7 heterocycles. The van der Waals surface area contributed by atoms with Crippen molar-refractivity contribution in [1.29, 1.82) is 0 Å². The monoisotopic (exact) mass is 1390 g/mol. The van der Waals surface area contributed by atoms with Crippen molar-refractivity contribution in [3.63, 3.8) is 0 Å². The van der Waals surface area contributed by atoms with Gasteiger partial charge in [-0.3, -0.25) is 0 Å². The molecule has 0 aliphatic carbocycles. The third-order valence-corrected chi connectivity index (χ3v) is 36.9. The van der Waals surface area contributed by atoms with E-state index in [-0.39, 0.29) is 21.7 Å². The Morgan fingerprint density at radius 1 is 0.356 bits per heavy atom. The summed E-state index contributed by atoms with van der Waals surface area (Å²) in [5, 5.41) is 15.1. The Balaban J connectivity index is 0.000000136. The van der Waals surface area contributed by atoms with Crippen molar-refractivity contribution in [2.45, 2.75) is 160 Å². The summed E-state index contributed by atoms with van der Waals surface area (Å²) in [5.74, 6) is -0.516. The number of halogens is 2. The molecule has 516 valence electrons. The van der Waals surface area contributed by atoms with E-state index in [2.05, 4.69) is 286 Å². The summed E-state index contributed by atoms with van der Waals surface area (Å²) in [6.45, 7) is 50.4. The summed E-state index contributed by atoms with van der Waals surface area (Å²) >= 11 is 0. The Morgan fingerprint density at radius 3 is 1.28 bits per heavy atom. The molecule has 0 aliphatic heterocycles. The van der Waals surface area contributed by atoms with Crippen LogP contribution in [0.1, 0.15) is 91.6 Å². The van der Waals surface area contributed by atoms with E-state index < -0.39 is 24.2 Å². The first-order chi connectivity index (χ1) is 47.3. The van der Waals surface area contributed by atoms with Crippen molar-refractivity contribution in [3.8, 4) is 33.8 Å². The topological polar surface area (TPSA) is 64.0 Å². The lowest BCUT2D eigenvalue weighted by molar-refractivity contribution is -0.633. The molecule has 8 aromatic carbocycles. The Bertz CT molecular complexity index is 5970. The minimum atomic E-state index is -1.65. The van der Waals surface area contributed by atoms with Gasteiger partial charge in [-0.05, 0) is 184 Å². The molecule has 0 radical (unpaired) electrons. The van der Waals surface area contributed by atoms with Crippen LogP contribution in [-0.2, 0) is 21.1 Å². The molecule has 0 saturated heterocycles. The van der Waals surface area contributed by atoms with Gasteiger partial charge in [0.05, 0.1) is 40.9 Å². The molecule has 0 amide bonds. The molecule has 0 N–H and O–H groups in total. The number of rotatable bonds is 6. The Labute approximate surface area is 597 Å². The number of fused-ring (bicyclic) bond motifs is 12. The third kappa shape index (κ3) is 11.7. The maximum Gasteiger partial charge on any atom is 0.227 e. The molecule has 0 aliphatic rings. The van der Waals surface area contributed by atoms with E-state index in [1.165, 1.54) is 111 Å². The summed E-state index contributed by atoms with van der Waals surface area (Å²) in [7, 11) is 1.77. The molecule has 0 unspecified atom stereocenters. The van der Waals surface area contributed by atoms with Crippen LogP contribution in [-0.4, -0.2) is 29.2 Å². The Morgan fingerprint density at radius 2 is 0.782 bits per heavy atom. The zero-order valence-corrected chi connectivity index (χ0v) is 67.1. The highest BCUT2D eigenvalue weighted by molar-refractivity contribution is 6.92. The van der Waals surface area contributed by atoms with Gasteiger partial charge in [0.1, 0.15) is 55.1 Å². The molecule has 7 nitrogen and oxygen atoms in total. The van der Waals surface area contributed by atoms with Gasteiger partial charge in [-0.15, -0.1) is 0 Å². The highest BCUT2D eigenvalue weighted by Crippen LogP contribution is 2.45. The maximum atomic E-state index is 14.4. The quantitative estimate of drug-likeness (QED) is 0.123. The fourth-order valence-electron chi connectivity index (χ4n) is 14.9. The van der Waals surface area contributed by atoms with Gasteiger partial charge in [0.2, 0.25) is 39.3 Å². The lowest BCUT2D eigenvalue weighted by Crippen LogP contribution is -2.49. The number of hydrogen-bond donors (Lipinski definition) is 0. The van der Waals surface area contributed by atoms with E-state index in [0.29, 0.717) is 22.4 Å². The van der Waals surface area contributed by atoms with Gasteiger partial charge >= 0.3 is 0 Å². The first-order valence-corrected chi connectivity index (χ1v) is 45.1. The number of furan rings is 3. The SMILES string of the molecule is Cc1cc2c(oc3c(C)c(F)ccc32)c(-c2cc(C)c3cc([Si](C)(C)C(C)(C)C)ccc3[n+]2C)c1C.Cc1cc2c(oc3cc(F)ccc32)c(-c2cc(C)c3cc([Si](C)(C)C(C)(C)C)ccc3[n+]2C)c1C.Cc1ccc2c(oc3ncccc32)c1-c1cc(C)c2cc([Si](C)(C)C)ccc2[n+]1C. The van der Waals surface area contributed by atoms with Gasteiger partial charge in [-0.25, -0.2) is 13.8 Å². The molecule has 7 aromatic heterocycles. The van der Waals surface area contributed by atoms with Crippen LogP contribution in [0.2, 0.25) is 55.9 Å². The van der Waals surface area contributed by atoms with Gasteiger partial charge in [0.25, 0.3) is 0 Å². The van der Waals surface area contributed by atoms with E-state index in [0.717, 1.165) is 77.1 Å². The minimum absolute atomic E-state index is 0.235. The van der Waals surface area contributed by atoms with Gasteiger partial charge in [-0.2, -0.15) is 13.7 Å². The maximum absolute atomic E-state index is 14.4. The van der Waals surface area contributed by atoms with Crippen molar-refractivity contribution in [1.82, 2.24) is 4.98 Å². The van der Waals surface area contributed by atoms with E-state index >= 15 is 0 Å². The first kappa shape index (κ1) is 70.5. The lowest BCUT2D eigenvalue weighted by atomic mass is 9.94. The van der Waals surface area contributed by atoms with E-state index in [4.69, 9.17) is 13.3 Å². The van der Waals surface area contributed by atoms with Gasteiger partial charge < -0.3 is 13.3 Å². The molecule has 0 saturated carbocycles. The second-order valence-electron chi connectivity index (χ2n) is 33.1. The molecule has 0 atom stereocenters. The average molecular weight is 1400 g/mol. The predicted octanol–water partition coefficient (Wildman–Crippen LogP) is 22.1. The van der Waals surface area contributed by atoms with Crippen LogP contribution in [0, 0.1) is 73.9 Å². The standard InChI is InChI=1S/C32H37FNOSi.C31H35FNOSi.C26H27N2OSi/c1-18-15-25-23-12-13-26(33)21(4)30(23)35-31(25)29(20(18)3)28-16-19(2)24-17-22(11-14-27(24)34(28)8)36(9,10)32(5,6)7;1-18-14-25-23-12-10-21(32)16-28(23)34-30(25)29(20(18)3)27-15-19(2)24-17-22(11-13-26(24)33(27)7)35(8,9)31(4,5)6;1-16-9-11-19-20-8-7-13-27-26(20)29-25(19)24(16)23-14-17(2)21-15-18(30(4,5)6)10-12-22(21)28(23)3/h11-17H,1-10H3;10-17H,1-9H3;7-15H,1-6H3/q3*+1. The van der Waals surface area contributed by atoms with Crippen LogP contribution in [0.5, 0.6) is 0 Å². The summed E-state index contributed by atoms with van der Waals surface area (Å²) in [6, 6.07) is 48.9. The minimum Gasteiger partial charge on any atom is -0.455 e. The van der Waals surface area contributed by atoms with Crippen molar-refractivity contribution in [3.05, 3.63) is 207 Å². The molecule has 12 heteroatoms. The summed E-state index contributed by atoms with van der Waals surface area (Å²) in [4.78, 5) is 4.44. The summed E-state index contributed by atoms with van der Waals surface area (Å²) in [5.41, 5.74) is 25.2. The molecular formula is C89H99F2N4O3Si3+3. The molecule has 15 rings (SSSR count). The fraction of sp³-hybridized carbons (Fsp3) is 0.303. The fourth-order valence-corrected chi connectivity index (χ4v) is 19.8. The van der Waals surface area contributed by atoms with Crippen molar-refractivity contribution in [2.75, 3.05) is 0 Å². The second-order valence-corrected chi connectivity index (χ2v) is 48.9. The zero-order valence-electron chi connectivity index (χ0n) is 64.1. The van der Waals surface area contributed by atoms with Crippen LogP contribution >= 0.6 is 0 Å². The largest absolute Gasteiger partial charge is 0.455 e. The van der Waals surface area contributed by atoms with Crippen LogP contribution in [0.25, 0.3) is 132 Å². The predicted molar refractivity (Wildman–Crippen MR) is 431 cm³/mol. The van der Waals surface area contributed by atoms with E-state index in [1.54, 1.807) is 19.2 Å². The second kappa shape index (κ2) is 24.9. The first-order valence-electron chi connectivity index (χ1n) is 35.6. The number of benzene rings is 8. The molecular weight excluding hydrogens is 1300 g/mol. The highest BCUT2D eigenvalue weighted by Gasteiger charge is 2.39. The van der Waals surface area contributed by atoms with Crippen LogP contribution in [0.15, 0.2) is 159 Å². The molecule has 0 spiro atoms. The zero-order chi connectivity index (χ0) is 73.0. The van der Waals surface area contributed by atoms with E-state index in [9.17, 15) is 8.78 Å². The van der Waals surface area contributed by atoms with Crippen molar-refractivity contribution >= 4 is 138 Å². The normalized spacial score (nSPS) is 12.7. The van der Waals surface area contributed by atoms with E-state index in [1.807, 2.05) is 18.2 Å². The lowest BCUT2D eigenvalue weighted by Gasteiger charge is -2.37. The van der Waals surface area contributed by atoms with Crippen LogP contribution in [0.4, 0.5) is 8.78 Å². The van der Waals surface area contributed by atoms with Gasteiger partial charge in [0.15, 0.2) is 5.58 Å². The van der Waals surface area contributed by atoms with Crippen LogP contribution in [0.3, 0.4) is 0 Å². The summed E-state index contributed by atoms with van der Waals surface area (Å²) in [6.07, 6.45) is 1.79. The number of aromatic nitrogens is 4. The van der Waals surface area contributed by atoms with Crippen molar-refractivity contribution < 1.29 is 35.7 Å². The smallest absolute Gasteiger partial charge is 0.227 e. The Hall–Kier alpha value is -8.95. The summed E-state index contributed by atoms with van der Waals surface area (Å²) < 4.78 is 54.3. The Kier molecular flexibility index (Phi) is 17.4. The highest BCUT2D eigenvalue weighted by atomic mass is 28.3. The van der Waals surface area contributed by atoms with Gasteiger partial charge in [-0.1, -0.05) is 133 Å². The molecule has 15 aromatic rings. The molecule has 0 bridgehead atoms. The number of nitrogens with zero attached hydrogens (tertiary/aromatic N) is 4. The number of hydrogen-bond acceptors (Lipinski definition) is 4. The number of aryl methyl sites for hydroxylation is 10. The average Bonchev–Trinajstić information content (AvgIpc) is 1.71. The third-order valence-electron chi connectivity index (χ3n) is 23.8. The molecule has 0 fully saturated rings. The van der Waals surface area contributed by atoms with Crippen LogP contribution < -0.4 is 29.3 Å². The van der Waals surface area contributed by atoms with Gasteiger partial charge in [0, 0.05) is 103 Å². The number of pyridine rings is 4. The molecule has 101 heavy (non-hydrogen) atoms. The van der Waals surface area contributed by atoms with Crippen molar-refractivity contribution in [2.24, 2.45) is 21.1 Å².